The van der Waals surface area contributed by atoms with Gasteiger partial charge in [-0.3, -0.25) is 9.78 Å². The van der Waals surface area contributed by atoms with Gasteiger partial charge in [-0.15, -0.1) is 0 Å². The topological polar surface area (TPSA) is 62.7 Å². The lowest BCUT2D eigenvalue weighted by Crippen LogP contribution is -2.41. The molecule has 4 rings (SSSR count). The third-order valence-electron chi connectivity index (χ3n) is 8.13. The van der Waals surface area contributed by atoms with Crippen LogP contribution in [0.1, 0.15) is 67.8 Å². The molecule has 0 radical (unpaired) electrons. The summed E-state index contributed by atoms with van der Waals surface area (Å²) in [5.74, 6) is 0.580. The lowest BCUT2D eigenvalue weighted by atomic mass is 9.79. The molecule has 2 aromatic carbocycles. The highest BCUT2D eigenvalue weighted by Crippen LogP contribution is 2.36. The molecule has 1 unspecified atom stereocenters. The van der Waals surface area contributed by atoms with Gasteiger partial charge >= 0.3 is 5.97 Å². The zero-order valence-corrected chi connectivity index (χ0v) is 22.7. The number of nitrogens with zero attached hydrogens (tertiary/aromatic N) is 2. The summed E-state index contributed by atoms with van der Waals surface area (Å²) in [6.07, 6.45) is 6.99. The zero-order chi connectivity index (χ0) is 26.9. The second-order valence-corrected chi connectivity index (χ2v) is 10.8. The number of methoxy groups -OCH3 is 1. The molecule has 0 saturated carbocycles. The van der Waals surface area contributed by atoms with Crippen LogP contribution in [0, 0.1) is 18.8 Å². The maximum atomic E-state index is 15.6. The molecule has 0 spiro atoms. The molecule has 0 amide bonds. The summed E-state index contributed by atoms with van der Waals surface area (Å²) in [5, 5.41) is 10.1. The number of alkyl halides is 1. The number of halogens is 1. The number of hydrogen-bond acceptors (Lipinski definition) is 4. The fraction of sp³-hybridized carbons (Fsp3) is 0.500. The van der Waals surface area contributed by atoms with Gasteiger partial charge < -0.3 is 14.7 Å². The van der Waals surface area contributed by atoms with E-state index in [2.05, 4.69) is 41.1 Å². The number of pyridine rings is 1. The van der Waals surface area contributed by atoms with E-state index in [-0.39, 0.29) is 6.42 Å². The number of hydrogen-bond donors (Lipinski definition) is 1. The van der Waals surface area contributed by atoms with E-state index >= 15 is 4.39 Å². The number of carboxylic acids is 1. The Kier molecular flexibility index (Phi) is 10.1. The number of aryl methyl sites for hydroxylation is 2. The molecule has 0 bridgehead atoms. The minimum atomic E-state index is -1.09. The van der Waals surface area contributed by atoms with Crippen molar-refractivity contribution in [2.24, 2.45) is 11.8 Å². The van der Waals surface area contributed by atoms with Gasteiger partial charge in [-0.2, -0.15) is 0 Å². The summed E-state index contributed by atoms with van der Waals surface area (Å²) in [5.41, 5.74) is 4.09. The van der Waals surface area contributed by atoms with Gasteiger partial charge in [-0.05, 0) is 112 Å². The Labute approximate surface area is 226 Å². The average molecular weight is 521 g/mol. The number of likely N-dealkylation sites (tertiary alicyclic amines) is 1. The molecule has 6 heteroatoms. The maximum Gasteiger partial charge on any atom is 0.303 e. The molecular weight excluding hydrogens is 479 g/mol. The Hall–Kier alpha value is -2.99. The first-order valence-corrected chi connectivity index (χ1v) is 14.0. The number of carboxylic acid groups (broad SMARTS) is 1. The van der Waals surface area contributed by atoms with E-state index in [0.29, 0.717) is 36.0 Å². The number of rotatable bonds is 13. The number of fused-ring (bicyclic) bond motifs is 1. The van der Waals surface area contributed by atoms with Crippen LogP contribution in [0.2, 0.25) is 0 Å². The standard InChI is InChI=1S/C32H41FN2O3/c1-23-6-8-24(9-7-23)5-3-4-19-35-20-17-25(26(22-35)11-15-32(36)37)10-13-30(33)28-16-18-34-31-14-12-27(38-2)21-29(28)31/h6-9,12,14,16,18,21,25-26,30H,3-5,10-11,13,15,17,19-20,22H2,1-2H3,(H,36,37)/t25-,26+,30?/m1/s1. The Morgan fingerprint density at radius 2 is 1.95 bits per heavy atom. The van der Waals surface area contributed by atoms with E-state index < -0.39 is 12.1 Å². The van der Waals surface area contributed by atoms with Crippen LogP contribution in [0.3, 0.4) is 0 Å². The molecule has 38 heavy (non-hydrogen) atoms. The van der Waals surface area contributed by atoms with Crippen LogP contribution in [0.15, 0.2) is 54.7 Å². The van der Waals surface area contributed by atoms with Crippen molar-refractivity contribution in [1.82, 2.24) is 9.88 Å². The molecule has 2 heterocycles. The summed E-state index contributed by atoms with van der Waals surface area (Å²) < 4.78 is 20.9. The van der Waals surface area contributed by atoms with Gasteiger partial charge in [0.25, 0.3) is 0 Å². The Morgan fingerprint density at radius 3 is 2.71 bits per heavy atom. The highest BCUT2D eigenvalue weighted by Gasteiger charge is 2.30. The highest BCUT2D eigenvalue weighted by atomic mass is 19.1. The zero-order valence-electron chi connectivity index (χ0n) is 22.7. The summed E-state index contributed by atoms with van der Waals surface area (Å²) in [6.45, 7) is 5.07. The summed E-state index contributed by atoms with van der Waals surface area (Å²) in [6, 6.07) is 16.1. The fourth-order valence-corrected chi connectivity index (χ4v) is 5.86. The molecule has 5 nitrogen and oxygen atoms in total. The molecule has 1 aliphatic rings. The van der Waals surface area contributed by atoms with Crippen molar-refractivity contribution in [2.75, 3.05) is 26.7 Å². The van der Waals surface area contributed by atoms with E-state index in [1.165, 1.54) is 11.1 Å². The predicted octanol–water partition coefficient (Wildman–Crippen LogP) is 7.17. The van der Waals surface area contributed by atoms with Crippen LogP contribution in [0.4, 0.5) is 4.39 Å². The number of unbranched alkanes of at least 4 members (excludes halogenated alkanes) is 1. The summed E-state index contributed by atoms with van der Waals surface area (Å²) >= 11 is 0. The molecule has 3 aromatic rings. The fourth-order valence-electron chi connectivity index (χ4n) is 5.86. The molecular formula is C32H41FN2O3. The summed E-state index contributed by atoms with van der Waals surface area (Å²) in [7, 11) is 1.61. The number of aliphatic carboxylic acids is 1. The molecule has 3 atom stereocenters. The Balaban J connectivity index is 1.31. The maximum absolute atomic E-state index is 15.6. The van der Waals surface area contributed by atoms with Gasteiger partial charge in [0.2, 0.25) is 0 Å². The van der Waals surface area contributed by atoms with Gasteiger partial charge in [-0.25, -0.2) is 4.39 Å². The molecule has 1 fully saturated rings. The van der Waals surface area contributed by atoms with E-state index in [4.69, 9.17) is 4.74 Å². The summed E-state index contributed by atoms with van der Waals surface area (Å²) in [4.78, 5) is 18.2. The van der Waals surface area contributed by atoms with Crippen LogP contribution in [0.25, 0.3) is 10.9 Å². The van der Waals surface area contributed by atoms with Crippen molar-refractivity contribution in [1.29, 1.82) is 0 Å². The first kappa shape index (κ1) is 28.0. The van der Waals surface area contributed by atoms with Crippen molar-refractivity contribution in [3.05, 3.63) is 71.4 Å². The minimum Gasteiger partial charge on any atom is -0.497 e. The van der Waals surface area contributed by atoms with Gasteiger partial charge in [0.05, 0.1) is 12.6 Å². The van der Waals surface area contributed by atoms with Crippen molar-refractivity contribution >= 4 is 16.9 Å². The van der Waals surface area contributed by atoms with Crippen LogP contribution < -0.4 is 4.74 Å². The van der Waals surface area contributed by atoms with Gasteiger partial charge in [0, 0.05) is 24.5 Å². The SMILES string of the molecule is COc1ccc2nccc(C(F)CC[C@@H]3CCN(CCCCc4ccc(C)cc4)C[C@@H]3CCC(=O)O)c2c1. The molecule has 204 valence electrons. The normalized spacial score (nSPS) is 18.9. The van der Waals surface area contributed by atoms with Crippen LogP contribution in [-0.2, 0) is 11.2 Å². The monoisotopic (exact) mass is 520 g/mol. The predicted molar refractivity (Wildman–Crippen MR) is 150 cm³/mol. The molecule has 1 N–H and O–H groups in total. The number of carbonyl (C=O) groups is 1. The second kappa shape index (κ2) is 13.7. The van der Waals surface area contributed by atoms with Crippen molar-refractivity contribution in [2.45, 2.75) is 64.5 Å². The van der Waals surface area contributed by atoms with E-state index in [1.807, 2.05) is 18.2 Å². The first-order valence-electron chi connectivity index (χ1n) is 14.0. The lowest BCUT2D eigenvalue weighted by Gasteiger charge is -2.39. The second-order valence-electron chi connectivity index (χ2n) is 10.8. The van der Waals surface area contributed by atoms with Crippen molar-refractivity contribution in [3.8, 4) is 5.75 Å². The number of piperidine rings is 1. The van der Waals surface area contributed by atoms with Gasteiger partial charge in [-0.1, -0.05) is 29.8 Å². The van der Waals surface area contributed by atoms with Crippen LogP contribution >= 0.6 is 0 Å². The first-order chi connectivity index (χ1) is 18.4. The number of aromatic nitrogens is 1. The smallest absolute Gasteiger partial charge is 0.303 e. The third-order valence-corrected chi connectivity index (χ3v) is 8.13. The van der Waals surface area contributed by atoms with Crippen LogP contribution in [0.5, 0.6) is 5.75 Å². The lowest BCUT2D eigenvalue weighted by molar-refractivity contribution is -0.137. The van der Waals surface area contributed by atoms with Crippen molar-refractivity contribution < 1.29 is 19.0 Å². The highest BCUT2D eigenvalue weighted by molar-refractivity contribution is 5.83. The van der Waals surface area contributed by atoms with Gasteiger partial charge in [0.15, 0.2) is 0 Å². The largest absolute Gasteiger partial charge is 0.497 e. The van der Waals surface area contributed by atoms with E-state index in [0.717, 1.165) is 62.6 Å². The third kappa shape index (κ3) is 7.76. The number of benzene rings is 2. The quantitative estimate of drug-likeness (QED) is 0.242. The average Bonchev–Trinajstić information content (AvgIpc) is 2.93. The van der Waals surface area contributed by atoms with E-state index in [1.54, 1.807) is 19.4 Å². The molecule has 1 saturated heterocycles. The molecule has 1 aliphatic heterocycles. The van der Waals surface area contributed by atoms with E-state index in [9.17, 15) is 9.90 Å². The molecule has 1 aromatic heterocycles. The Morgan fingerprint density at radius 1 is 1.13 bits per heavy atom. The van der Waals surface area contributed by atoms with Crippen molar-refractivity contribution in [3.63, 3.8) is 0 Å². The van der Waals surface area contributed by atoms with Crippen LogP contribution in [-0.4, -0.2) is 47.7 Å². The Bertz CT molecular complexity index is 1180. The molecule has 0 aliphatic carbocycles. The van der Waals surface area contributed by atoms with Gasteiger partial charge in [0.1, 0.15) is 11.9 Å². The minimum absolute atomic E-state index is 0.177. The number of ether oxygens (including phenoxy) is 1.